The lowest BCUT2D eigenvalue weighted by molar-refractivity contribution is 1.41. The van der Waals surface area contributed by atoms with E-state index in [2.05, 4.69) is 145 Å². The number of hydrogen-bond acceptors (Lipinski definition) is 1. The first-order valence-corrected chi connectivity index (χ1v) is 13.4. The van der Waals surface area contributed by atoms with E-state index < -0.39 is 0 Å². The molecule has 0 unspecified atom stereocenters. The maximum atomic E-state index is 4.62. The highest BCUT2D eigenvalue weighted by molar-refractivity contribution is 5.94. The average Bonchev–Trinajstić information content (AvgIpc) is 3.01. The van der Waals surface area contributed by atoms with Crippen molar-refractivity contribution in [2.45, 2.75) is 6.92 Å². The van der Waals surface area contributed by atoms with Crippen LogP contribution in [0.25, 0.3) is 66.2 Å². The highest BCUT2D eigenvalue weighted by Gasteiger charge is 2.07. The maximum Gasteiger partial charge on any atom is 0.0780 e. The van der Waals surface area contributed by atoms with Crippen LogP contribution >= 0.6 is 0 Å². The van der Waals surface area contributed by atoms with Crippen molar-refractivity contribution in [1.82, 2.24) is 4.98 Å². The molecule has 184 valence electrons. The lowest BCUT2D eigenvalue weighted by atomic mass is 9.95. The SMILES string of the molecule is Cc1ccc(-c2ccc(-c3ccc4cc(-c5ccc(-c6cccc7cccnc67)cc5)ccc4c3)cc2)cc1. The zero-order chi connectivity index (χ0) is 26.2. The van der Waals surface area contributed by atoms with E-state index in [1.165, 1.54) is 55.3 Å². The lowest BCUT2D eigenvalue weighted by Gasteiger charge is -2.10. The zero-order valence-corrected chi connectivity index (χ0v) is 21.8. The number of aromatic nitrogens is 1. The van der Waals surface area contributed by atoms with Crippen LogP contribution in [0.2, 0.25) is 0 Å². The third kappa shape index (κ3) is 4.49. The van der Waals surface area contributed by atoms with Gasteiger partial charge in [-0.3, -0.25) is 4.98 Å². The molecule has 0 aliphatic carbocycles. The molecule has 1 heterocycles. The molecule has 0 amide bonds. The van der Waals surface area contributed by atoms with Crippen molar-refractivity contribution in [2.75, 3.05) is 0 Å². The number of rotatable bonds is 4. The molecule has 0 saturated heterocycles. The van der Waals surface area contributed by atoms with Crippen molar-refractivity contribution in [3.05, 3.63) is 151 Å². The molecule has 39 heavy (non-hydrogen) atoms. The third-order valence-corrected chi connectivity index (χ3v) is 7.61. The van der Waals surface area contributed by atoms with Gasteiger partial charge in [-0.15, -0.1) is 0 Å². The van der Waals surface area contributed by atoms with Crippen molar-refractivity contribution in [3.8, 4) is 44.5 Å². The van der Waals surface area contributed by atoms with Crippen LogP contribution in [0, 0.1) is 6.92 Å². The van der Waals surface area contributed by atoms with Crippen LogP contribution in [-0.2, 0) is 0 Å². The Balaban J connectivity index is 1.15. The normalized spacial score (nSPS) is 11.2. The van der Waals surface area contributed by atoms with Crippen molar-refractivity contribution < 1.29 is 0 Å². The first kappa shape index (κ1) is 23.1. The van der Waals surface area contributed by atoms with Crippen molar-refractivity contribution in [3.63, 3.8) is 0 Å². The summed E-state index contributed by atoms with van der Waals surface area (Å²) in [4.78, 5) is 4.62. The standard InChI is InChI=1S/C38H27N/c1-26-7-9-27(10-8-26)28-11-13-29(14-12-28)33-19-21-36-25-34(20-22-35(36)24-33)30-15-17-31(18-16-30)37-6-2-4-32-5-3-23-39-38(32)37/h2-25H,1H3. The van der Waals surface area contributed by atoms with Gasteiger partial charge in [-0.1, -0.05) is 127 Å². The molecule has 0 atom stereocenters. The summed E-state index contributed by atoms with van der Waals surface area (Å²) >= 11 is 0. The predicted octanol–water partition coefficient (Wildman–Crippen LogP) is 10.4. The summed E-state index contributed by atoms with van der Waals surface area (Å²) < 4.78 is 0. The third-order valence-electron chi connectivity index (χ3n) is 7.61. The second kappa shape index (κ2) is 9.70. The van der Waals surface area contributed by atoms with Crippen LogP contribution in [-0.4, -0.2) is 4.98 Å². The minimum absolute atomic E-state index is 1.04. The zero-order valence-electron chi connectivity index (χ0n) is 21.8. The number of aryl methyl sites for hydroxylation is 1. The van der Waals surface area contributed by atoms with Gasteiger partial charge in [0, 0.05) is 17.1 Å². The minimum Gasteiger partial charge on any atom is -0.256 e. The molecule has 1 nitrogen and oxygen atoms in total. The Kier molecular flexibility index (Phi) is 5.75. The molecule has 7 rings (SSSR count). The molecule has 1 heteroatoms. The monoisotopic (exact) mass is 497 g/mol. The summed E-state index contributed by atoms with van der Waals surface area (Å²) in [7, 11) is 0. The van der Waals surface area contributed by atoms with E-state index in [0.29, 0.717) is 0 Å². The molecule has 1 aromatic heterocycles. The van der Waals surface area contributed by atoms with E-state index in [1.54, 1.807) is 0 Å². The van der Waals surface area contributed by atoms with Crippen LogP contribution < -0.4 is 0 Å². The van der Waals surface area contributed by atoms with Gasteiger partial charge in [0.25, 0.3) is 0 Å². The van der Waals surface area contributed by atoms with Gasteiger partial charge in [0.2, 0.25) is 0 Å². The van der Waals surface area contributed by atoms with Crippen molar-refractivity contribution in [2.24, 2.45) is 0 Å². The van der Waals surface area contributed by atoms with E-state index in [9.17, 15) is 0 Å². The summed E-state index contributed by atoms with van der Waals surface area (Å²) in [5, 5.41) is 3.65. The molecule has 0 N–H and O–H groups in total. The highest BCUT2D eigenvalue weighted by atomic mass is 14.6. The fraction of sp³-hybridized carbons (Fsp3) is 0.0263. The fourth-order valence-corrected chi connectivity index (χ4v) is 5.39. The molecule has 6 aromatic carbocycles. The highest BCUT2D eigenvalue weighted by Crippen LogP contribution is 2.32. The largest absolute Gasteiger partial charge is 0.256 e. The summed E-state index contributed by atoms with van der Waals surface area (Å²) in [5.41, 5.74) is 12.1. The van der Waals surface area contributed by atoms with Gasteiger partial charge in [-0.05, 0) is 74.8 Å². The van der Waals surface area contributed by atoms with Gasteiger partial charge in [0.15, 0.2) is 0 Å². The topological polar surface area (TPSA) is 12.9 Å². The predicted molar refractivity (Wildman–Crippen MR) is 166 cm³/mol. The van der Waals surface area contributed by atoms with Gasteiger partial charge in [0.1, 0.15) is 0 Å². The van der Waals surface area contributed by atoms with Gasteiger partial charge in [-0.2, -0.15) is 0 Å². The van der Waals surface area contributed by atoms with E-state index in [-0.39, 0.29) is 0 Å². The number of benzene rings is 6. The van der Waals surface area contributed by atoms with Gasteiger partial charge in [0.05, 0.1) is 5.52 Å². The average molecular weight is 498 g/mol. The summed E-state index contributed by atoms with van der Waals surface area (Å²) in [6.45, 7) is 2.12. The Morgan fingerprint density at radius 1 is 0.385 bits per heavy atom. The van der Waals surface area contributed by atoms with Crippen molar-refractivity contribution >= 4 is 21.7 Å². The molecular formula is C38H27N. The van der Waals surface area contributed by atoms with Gasteiger partial charge in [-0.25, -0.2) is 0 Å². The van der Waals surface area contributed by atoms with Gasteiger partial charge < -0.3 is 0 Å². The summed E-state index contributed by atoms with van der Waals surface area (Å²) in [6.07, 6.45) is 1.86. The first-order valence-electron chi connectivity index (χ1n) is 13.4. The molecule has 0 radical (unpaired) electrons. The number of fused-ring (bicyclic) bond motifs is 2. The lowest BCUT2D eigenvalue weighted by Crippen LogP contribution is -1.85. The van der Waals surface area contributed by atoms with E-state index in [0.717, 1.165) is 16.5 Å². The summed E-state index contributed by atoms with van der Waals surface area (Å²) in [5.74, 6) is 0. The number of pyridine rings is 1. The second-order valence-corrected chi connectivity index (χ2v) is 10.2. The van der Waals surface area contributed by atoms with Crippen molar-refractivity contribution in [1.29, 1.82) is 0 Å². The Labute approximate surface area is 229 Å². The van der Waals surface area contributed by atoms with Crippen LogP contribution in [0.3, 0.4) is 0 Å². The minimum atomic E-state index is 1.04. The molecule has 0 aliphatic rings. The Morgan fingerprint density at radius 3 is 1.44 bits per heavy atom. The molecule has 0 saturated carbocycles. The molecule has 7 aromatic rings. The van der Waals surface area contributed by atoms with Gasteiger partial charge >= 0.3 is 0 Å². The molecule has 0 fully saturated rings. The number of nitrogens with zero attached hydrogens (tertiary/aromatic N) is 1. The molecule has 0 bridgehead atoms. The number of para-hydroxylation sites is 1. The van der Waals surface area contributed by atoms with E-state index in [4.69, 9.17) is 0 Å². The molecular weight excluding hydrogens is 470 g/mol. The Morgan fingerprint density at radius 2 is 0.846 bits per heavy atom. The van der Waals surface area contributed by atoms with E-state index in [1.807, 2.05) is 12.3 Å². The van der Waals surface area contributed by atoms with Crippen LogP contribution in [0.1, 0.15) is 5.56 Å². The number of hydrogen-bond donors (Lipinski definition) is 0. The van der Waals surface area contributed by atoms with Crippen LogP contribution in [0.5, 0.6) is 0 Å². The first-order chi connectivity index (χ1) is 19.2. The Bertz CT molecular complexity index is 1920. The maximum absolute atomic E-state index is 4.62. The van der Waals surface area contributed by atoms with Crippen LogP contribution in [0.4, 0.5) is 0 Å². The fourth-order valence-electron chi connectivity index (χ4n) is 5.39. The van der Waals surface area contributed by atoms with E-state index >= 15 is 0 Å². The quantitative estimate of drug-likeness (QED) is 0.236. The second-order valence-electron chi connectivity index (χ2n) is 10.2. The van der Waals surface area contributed by atoms with Crippen LogP contribution in [0.15, 0.2) is 146 Å². The smallest absolute Gasteiger partial charge is 0.0780 e. The Hall–Kier alpha value is -5.01. The molecule has 0 spiro atoms. The molecule has 0 aliphatic heterocycles. The summed E-state index contributed by atoms with van der Waals surface area (Å²) in [6, 6.07) is 50.3.